The second kappa shape index (κ2) is 7.54. The summed E-state index contributed by atoms with van der Waals surface area (Å²) in [5, 5.41) is 2.77. The van der Waals surface area contributed by atoms with Crippen LogP contribution < -0.4 is 10.1 Å². The van der Waals surface area contributed by atoms with Crippen molar-refractivity contribution in [2.75, 3.05) is 6.61 Å². The molecule has 0 saturated heterocycles. The largest absolute Gasteiger partial charge is 0.484 e. The van der Waals surface area contributed by atoms with Crippen molar-refractivity contribution in [1.29, 1.82) is 0 Å². The molecule has 1 N–H and O–H groups in total. The zero-order valence-electron chi connectivity index (χ0n) is 13.0. The van der Waals surface area contributed by atoms with Crippen LogP contribution >= 0.6 is 0 Å². The molecule has 0 aliphatic carbocycles. The van der Waals surface area contributed by atoms with Gasteiger partial charge in [-0.25, -0.2) is 4.39 Å². The van der Waals surface area contributed by atoms with E-state index in [4.69, 9.17) is 4.74 Å². The van der Waals surface area contributed by atoms with Gasteiger partial charge in [0.25, 0.3) is 5.91 Å². The zero-order chi connectivity index (χ0) is 16.8. The smallest absolute Gasteiger partial charge is 0.258 e. The Morgan fingerprint density at radius 2 is 1.87 bits per heavy atom. The third-order valence-corrected chi connectivity index (χ3v) is 3.36. The average molecular weight is 315 g/mol. The van der Waals surface area contributed by atoms with Gasteiger partial charge in [0.2, 0.25) is 0 Å². The number of rotatable bonds is 6. The van der Waals surface area contributed by atoms with Gasteiger partial charge < -0.3 is 10.1 Å². The summed E-state index contributed by atoms with van der Waals surface area (Å²) in [4.78, 5) is 23.2. The van der Waals surface area contributed by atoms with Crippen molar-refractivity contribution in [3.8, 4) is 5.75 Å². The summed E-state index contributed by atoms with van der Waals surface area (Å²) in [6.07, 6.45) is 0. The summed E-state index contributed by atoms with van der Waals surface area (Å²) in [6.45, 7) is 3.12. The SMILES string of the molecule is CC(=O)c1cccc(OCC(=O)N[C@H](C)c2ccc(F)cc2)c1. The van der Waals surface area contributed by atoms with Gasteiger partial charge in [0.15, 0.2) is 12.4 Å². The van der Waals surface area contributed by atoms with Gasteiger partial charge in [-0.1, -0.05) is 24.3 Å². The van der Waals surface area contributed by atoms with E-state index in [-0.39, 0.29) is 30.2 Å². The van der Waals surface area contributed by atoms with Crippen molar-refractivity contribution >= 4 is 11.7 Å². The Morgan fingerprint density at radius 1 is 1.17 bits per heavy atom. The lowest BCUT2D eigenvalue weighted by atomic mass is 10.1. The fraction of sp³-hybridized carbons (Fsp3) is 0.222. The molecule has 0 radical (unpaired) electrons. The molecule has 0 unspecified atom stereocenters. The number of nitrogens with one attached hydrogen (secondary N) is 1. The Hall–Kier alpha value is -2.69. The van der Waals surface area contributed by atoms with Crippen molar-refractivity contribution in [1.82, 2.24) is 5.32 Å². The molecular weight excluding hydrogens is 297 g/mol. The maximum atomic E-state index is 12.9. The molecule has 0 spiro atoms. The van der Waals surface area contributed by atoms with Crippen LogP contribution in [0, 0.1) is 5.82 Å². The van der Waals surface area contributed by atoms with E-state index in [9.17, 15) is 14.0 Å². The molecule has 0 heterocycles. The first kappa shape index (κ1) is 16.7. The zero-order valence-corrected chi connectivity index (χ0v) is 13.0. The number of amides is 1. The maximum absolute atomic E-state index is 12.9. The van der Waals surface area contributed by atoms with Crippen LogP contribution in [0.5, 0.6) is 5.75 Å². The Labute approximate surface area is 134 Å². The van der Waals surface area contributed by atoms with Gasteiger partial charge in [-0.2, -0.15) is 0 Å². The number of ether oxygens (including phenoxy) is 1. The normalized spacial score (nSPS) is 11.6. The molecule has 23 heavy (non-hydrogen) atoms. The highest BCUT2D eigenvalue weighted by molar-refractivity contribution is 5.94. The van der Waals surface area contributed by atoms with E-state index in [1.165, 1.54) is 19.1 Å². The maximum Gasteiger partial charge on any atom is 0.258 e. The lowest BCUT2D eigenvalue weighted by molar-refractivity contribution is -0.123. The summed E-state index contributed by atoms with van der Waals surface area (Å²) < 4.78 is 18.3. The molecule has 2 rings (SSSR count). The van der Waals surface area contributed by atoms with Gasteiger partial charge in [0.1, 0.15) is 11.6 Å². The Bertz CT molecular complexity index is 698. The summed E-state index contributed by atoms with van der Waals surface area (Å²) in [5.41, 5.74) is 1.33. The Morgan fingerprint density at radius 3 is 2.52 bits per heavy atom. The standard InChI is InChI=1S/C18H18FNO3/c1-12(14-6-8-16(19)9-7-14)20-18(22)11-23-17-5-3-4-15(10-17)13(2)21/h3-10,12H,11H2,1-2H3,(H,20,22)/t12-/m1/s1. The molecule has 2 aromatic carbocycles. The van der Waals surface area contributed by atoms with Crippen molar-refractivity contribution < 1.29 is 18.7 Å². The summed E-state index contributed by atoms with van der Waals surface area (Å²) >= 11 is 0. The van der Waals surface area contributed by atoms with Gasteiger partial charge in [-0.3, -0.25) is 9.59 Å². The molecule has 5 heteroatoms. The Kier molecular flexibility index (Phi) is 5.46. The molecule has 0 bridgehead atoms. The lowest BCUT2D eigenvalue weighted by Gasteiger charge is -2.15. The first-order valence-corrected chi connectivity index (χ1v) is 7.24. The third kappa shape index (κ3) is 4.92. The molecular formula is C18H18FNO3. The van der Waals surface area contributed by atoms with Crippen LogP contribution in [0.2, 0.25) is 0 Å². The molecule has 1 atom stereocenters. The molecule has 4 nitrogen and oxygen atoms in total. The number of ketones is 1. The van der Waals surface area contributed by atoms with E-state index in [2.05, 4.69) is 5.32 Å². The second-order valence-electron chi connectivity index (χ2n) is 5.21. The van der Waals surface area contributed by atoms with E-state index in [1.807, 2.05) is 6.92 Å². The number of halogens is 1. The molecule has 2 aromatic rings. The highest BCUT2D eigenvalue weighted by Crippen LogP contribution is 2.15. The van der Waals surface area contributed by atoms with Gasteiger partial charge in [0, 0.05) is 5.56 Å². The van der Waals surface area contributed by atoms with Gasteiger partial charge in [-0.15, -0.1) is 0 Å². The van der Waals surface area contributed by atoms with Crippen LogP contribution in [-0.2, 0) is 4.79 Å². The van der Waals surface area contributed by atoms with Crippen LogP contribution in [-0.4, -0.2) is 18.3 Å². The Balaban J connectivity index is 1.88. The average Bonchev–Trinajstić information content (AvgIpc) is 2.53. The van der Waals surface area contributed by atoms with Crippen molar-refractivity contribution in [3.63, 3.8) is 0 Å². The fourth-order valence-electron chi connectivity index (χ4n) is 2.07. The van der Waals surface area contributed by atoms with Crippen LogP contribution in [0.4, 0.5) is 4.39 Å². The molecule has 0 aliphatic rings. The fourth-order valence-corrected chi connectivity index (χ4v) is 2.07. The number of hydrogen-bond donors (Lipinski definition) is 1. The van der Waals surface area contributed by atoms with E-state index in [1.54, 1.807) is 36.4 Å². The predicted octanol–water partition coefficient (Wildman–Crippen LogP) is 3.28. The van der Waals surface area contributed by atoms with Crippen molar-refractivity contribution in [2.24, 2.45) is 0 Å². The van der Waals surface area contributed by atoms with E-state index in [0.717, 1.165) is 5.56 Å². The van der Waals surface area contributed by atoms with Gasteiger partial charge in [0.05, 0.1) is 6.04 Å². The van der Waals surface area contributed by atoms with Crippen LogP contribution in [0.1, 0.15) is 35.8 Å². The third-order valence-electron chi connectivity index (χ3n) is 3.36. The molecule has 0 fully saturated rings. The predicted molar refractivity (Wildman–Crippen MR) is 84.9 cm³/mol. The minimum atomic E-state index is -0.319. The highest BCUT2D eigenvalue weighted by atomic mass is 19.1. The first-order chi connectivity index (χ1) is 11.0. The summed E-state index contributed by atoms with van der Waals surface area (Å²) in [6, 6.07) is 12.4. The highest BCUT2D eigenvalue weighted by Gasteiger charge is 2.10. The van der Waals surface area contributed by atoms with Crippen LogP contribution in [0.3, 0.4) is 0 Å². The number of Topliss-reactive ketones (excluding diaryl/α,β-unsaturated/α-hetero) is 1. The monoisotopic (exact) mass is 315 g/mol. The number of carbonyl (C=O) groups excluding carboxylic acids is 2. The first-order valence-electron chi connectivity index (χ1n) is 7.24. The molecule has 1 amide bonds. The van der Waals surface area contributed by atoms with Gasteiger partial charge in [-0.05, 0) is 43.7 Å². The number of hydrogen-bond acceptors (Lipinski definition) is 3. The molecule has 0 aliphatic heterocycles. The number of carbonyl (C=O) groups is 2. The number of benzene rings is 2. The van der Waals surface area contributed by atoms with Crippen LogP contribution in [0.25, 0.3) is 0 Å². The van der Waals surface area contributed by atoms with E-state index in [0.29, 0.717) is 11.3 Å². The minimum Gasteiger partial charge on any atom is -0.484 e. The molecule has 0 aromatic heterocycles. The quantitative estimate of drug-likeness (QED) is 0.832. The lowest BCUT2D eigenvalue weighted by Crippen LogP contribution is -2.31. The van der Waals surface area contributed by atoms with Crippen LogP contribution in [0.15, 0.2) is 48.5 Å². The summed E-state index contributed by atoms with van der Waals surface area (Å²) in [7, 11) is 0. The van der Waals surface area contributed by atoms with E-state index >= 15 is 0 Å². The molecule has 0 saturated carbocycles. The van der Waals surface area contributed by atoms with Crippen molar-refractivity contribution in [3.05, 3.63) is 65.5 Å². The summed E-state index contributed by atoms with van der Waals surface area (Å²) in [5.74, 6) is -0.219. The minimum absolute atomic E-state index is 0.0650. The van der Waals surface area contributed by atoms with E-state index < -0.39 is 0 Å². The molecule has 120 valence electrons. The van der Waals surface area contributed by atoms with Crippen molar-refractivity contribution in [2.45, 2.75) is 19.9 Å². The van der Waals surface area contributed by atoms with Gasteiger partial charge >= 0.3 is 0 Å². The topological polar surface area (TPSA) is 55.4 Å². The second-order valence-corrected chi connectivity index (χ2v) is 5.21.